The van der Waals surface area contributed by atoms with Crippen molar-refractivity contribution in [3.63, 3.8) is 0 Å². The number of anilines is 2. The SMILES string of the molecule is CCCSc1nc2n(n1)C(c1ccc(OC)c(OC)c1)C(C(=O)Nc1cccc(C)c1)=C(C)N2. The number of methoxy groups -OCH3 is 2. The molecule has 2 heterocycles. The summed E-state index contributed by atoms with van der Waals surface area (Å²) < 4.78 is 12.7. The van der Waals surface area contributed by atoms with Crippen molar-refractivity contribution >= 4 is 29.3 Å². The lowest BCUT2D eigenvalue weighted by Gasteiger charge is -2.29. The Kier molecular flexibility index (Phi) is 7.12. The van der Waals surface area contributed by atoms with Gasteiger partial charge in [0.25, 0.3) is 5.91 Å². The number of carbonyl (C=O) groups excluding carboxylic acids is 1. The molecule has 34 heavy (non-hydrogen) atoms. The molecule has 0 saturated heterocycles. The average molecular weight is 480 g/mol. The molecule has 0 bridgehead atoms. The number of benzene rings is 2. The summed E-state index contributed by atoms with van der Waals surface area (Å²) in [6, 6.07) is 12.9. The second-order valence-electron chi connectivity index (χ2n) is 8.02. The van der Waals surface area contributed by atoms with Gasteiger partial charge in [0.1, 0.15) is 6.04 Å². The summed E-state index contributed by atoms with van der Waals surface area (Å²) in [5, 5.41) is 11.7. The first-order valence-corrected chi connectivity index (χ1v) is 12.1. The molecule has 3 aromatic rings. The van der Waals surface area contributed by atoms with Gasteiger partial charge in [-0.25, -0.2) is 4.68 Å². The topological polar surface area (TPSA) is 90.3 Å². The predicted molar refractivity (Wildman–Crippen MR) is 135 cm³/mol. The summed E-state index contributed by atoms with van der Waals surface area (Å²) in [4.78, 5) is 18.3. The van der Waals surface area contributed by atoms with Crippen molar-refractivity contribution in [1.82, 2.24) is 14.8 Å². The highest BCUT2D eigenvalue weighted by Crippen LogP contribution is 2.39. The van der Waals surface area contributed by atoms with Gasteiger partial charge in [0.2, 0.25) is 11.1 Å². The van der Waals surface area contributed by atoms with Crippen LogP contribution in [0.25, 0.3) is 0 Å². The van der Waals surface area contributed by atoms with Crippen LogP contribution in [0.1, 0.15) is 37.4 Å². The Morgan fingerprint density at radius 1 is 1.15 bits per heavy atom. The first-order chi connectivity index (χ1) is 16.4. The molecule has 178 valence electrons. The van der Waals surface area contributed by atoms with Gasteiger partial charge in [-0.2, -0.15) is 4.98 Å². The quantitative estimate of drug-likeness (QED) is 0.438. The Balaban J connectivity index is 1.80. The van der Waals surface area contributed by atoms with Crippen LogP contribution in [0.5, 0.6) is 11.5 Å². The number of aryl methyl sites for hydroxylation is 1. The lowest BCUT2D eigenvalue weighted by atomic mass is 9.94. The summed E-state index contributed by atoms with van der Waals surface area (Å²) in [6.07, 6.45) is 1.02. The molecule has 1 atom stereocenters. The third-order valence-electron chi connectivity index (χ3n) is 5.51. The number of ether oxygens (including phenoxy) is 2. The summed E-state index contributed by atoms with van der Waals surface area (Å²) in [5.41, 5.74) is 3.92. The van der Waals surface area contributed by atoms with Gasteiger partial charge in [0.05, 0.1) is 19.8 Å². The highest BCUT2D eigenvalue weighted by Gasteiger charge is 2.35. The van der Waals surface area contributed by atoms with Crippen molar-refractivity contribution in [2.45, 2.75) is 38.4 Å². The summed E-state index contributed by atoms with van der Waals surface area (Å²) in [5.74, 6) is 2.50. The zero-order valence-electron chi connectivity index (χ0n) is 20.0. The Morgan fingerprint density at radius 3 is 2.65 bits per heavy atom. The molecule has 9 heteroatoms. The van der Waals surface area contributed by atoms with E-state index in [1.165, 1.54) is 0 Å². The third kappa shape index (κ3) is 4.75. The van der Waals surface area contributed by atoms with Gasteiger partial charge in [0, 0.05) is 17.1 Å². The van der Waals surface area contributed by atoms with Crippen LogP contribution >= 0.6 is 11.8 Å². The molecule has 1 amide bonds. The fraction of sp³-hybridized carbons (Fsp3) is 0.320. The normalized spacial score (nSPS) is 14.9. The molecule has 1 unspecified atom stereocenters. The number of aromatic nitrogens is 3. The number of carbonyl (C=O) groups is 1. The van der Waals surface area contributed by atoms with Crippen molar-refractivity contribution < 1.29 is 14.3 Å². The molecule has 0 saturated carbocycles. The minimum Gasteiger partial charge on any atom is -0.493 e. The molecule has 0 spiro atoms. The predicted octanol–water partition coefficient (Wildman–Crippen LogP) is 5.03. The van der Waals surface area contributed by atoms with Crippen LogP contribution in [0.3, 0.4) is 0 Å². The maximum atomic E-state index is 13.6. The second-order valence-corrected chi connectivity index (χ2v) is 9.08. The van der Waals surface area contributed by atoms with E-state index >= 15 is 0 Å². The van der Waals surface area contributed by atoms with Crippen LogP contribution < -0.4 is 20.1 Å². The largest absolute Gasteiger partial charge is 0.493 e. The van der Waals surface area contributed by atoms with Crippen molar-refractivity contribution in [2.24, 2.45) is 0 Å². The highest BCUT2D eigenvalue weighted by molar-refractivity contribution is 7.99. The number of thioether (sulfide) groups is 1. The molecule has 1 aliphatic rings. The Morgan fingerprint density at radius 2 is 1.94 bits per heavy atom. The van der Waals surface area contributed by atoms with Gasteiger partial charge >= 0.3 is 0 Å². The van der Waals surface area contributed by atoms with Crippen LogP contribution in [-0.2, 0) is 4.79 Å². The molecule has 0 fully saturated rings. The van der Waals surface area contributed by atoms with E-state index < -0.39 is 6.04 Å². The van der Waals surface area contributed by atoms with E-state index in [1.807, 2.05) is 56.3 Å². The van der Waals surface area contributed by atoms with Gasteiger partial charge in [-0.05, 0) is 55.7 Å². The van der Waals surface area contributed by atoms with Gasteiger partial charge < -0.3 is 20.1 Å². The van der Waals surface area contributed by atoms with E-state index in [0.29, 0.717) is 28.2 Å². The average Bonchev–Trinajstić information content (AvgIpc) is 3.23. The maximum Gasteiger partial charge on any atom is 0.255 e. The monoisotopic (exact) mass is 479 g/mol. The Hall–Kier alpha value is -3.46. The fourth-order valence-electron chi connectivity index (χ4n) is 3.93. The fourth-order valence-corrected chi connectivity index (χ4v) is 4.62. The number of hydrogen-bond acceptors (Lipinski definition) is 7. The number of allylic oxidation sites excluding steroid dienone is 1. The molecule has 2 N–H and O–H groups in total. The van der Waals surface area contributed by atoms with Crippen molar-refractivity contribution in [1.29, 1.82) is 0 Å². The van der Waals surface area contributed by atoms with Gasteiger partial charge in [-0.3, -0.25) is 4.79 Å². The Labute approximate surface area is 203 Å². The maximum absolute atomic E-state index is 13.6. The molecular formula is C25H29N5O3S. The highest BCUT2D eigenvalue weighted by atomic mass is 32.2. The molecular weight excluding hydrogens is 450 g/mol. The number of hydrogen-bond donors (Lipinski definition) is 2. The molecule has 1 aromatic heterocycles. The first-order valence-electron chi connectivity index (χ1n) is 11.1. The molecule has 4 rings (SSSR count). The van der Waals surface area contributed by atoms with E-state index in [0.717, 1.165) is 34.7 Å². The second kappa shape index (κ2) is 10.2. The van der Waals surface area contributed by atoms with Crippen LogP contribution in [0.15, 0.2) is 58.9 Å². The lowest BCUT2D eigenvalue weighted by Crippen LogP contribution is -2.31. The summed E-state index contributed by atoms with van der Waals surface area (Å²) >= 11 is 1.59. The minimum absolute atomic E-state index is 0.209. The molecule has 8 nitrogen and oxygen atoms in total. The molecule has 0 radical (unpaired) electrons. The minimum atomic E-state index is -0.496. The summed E-state index contributed by atoms with van der Waals surface area (Å²) in [7, 11) is 3.19. The molecule has 0 aliphatic carbocycles. The van der Waals surface area contributed by atoms with Crippen molar-refractivity contribution in [3.05, 3.63) is 64.9 Å². The Bertz CT molecular complexity index is 1240. The first kappa shape index (κ1) is 23.7. The van der Waals surface area contributed by atoms with Crippen LogP contribution in [0.2, 0.25) is 0 Å². The van der Waals surface area contributed by atoms with Gasteiger partial charge in [-0.15, -0.1) is 5.10 Å². The van der Waals surface area contributed by atoms with Crippen molar-refractivity contribution in [3.8, 4) is 11.5 Å². The van der Waals surface area contributed by atoms with E-state index in [4.69, 9.17) is 14.6 Å². The van der Waals surface area contributed by atoms with E-state index in [2.05, 4.69) is 22.5 Å². The smallest absolute Gasteiger partial charge is 0.255 e. The number of nitrogens with one attached hydrogen (secondary N) is 2. The van der Waals surface area contributed by atoms with E-state index in [1.54, 1.807) is 30.7 Å². The van der Waals surface area contributed by atoms with Crippen LogP contribution in [0.4, 0.5) is 11.6 Å². The number of amides is 1. The zero-order chi connectivity index (χ0) is 24.2. The van der Waals surface area contributed by atoms with Crippen LogP contribution in [0, 0.1) is 6.92 Å². The zero-order valence-corrected chi connectivity index (χ0v) is 20.8. The number of nitrogens with zero attached hydrogens (tertiary/aromatic N) is 3. The van der Waals surface area contributed by atoms with E-state index in [-0.39, 0.29) is 5.91 Å². The van der Waals surface area contributed by atoms with E-state index in [9.17, 15) is 4.79 Å². The van der Waals surface area contributed by atoms with Gasteiger partial charge in [0.15, 0.2) is 11.5 Å². The number of rotatable bonds is 8. The standard InChI is InChI=1S/C25H29N5O3S/c1-6-12-34-25-28-24-26-16(3)21(23(31)27-18-9-7-8-15(2)13-18)22(30(24)29-25)17-10-11-19(32-4)20(14-17)33-5/h7-11,13-14,22H,6,12H2,1-5H3,(H,27,31)(H,26,28,29). The van der Waals surface area contributed by atoms with Crippen LogP contribution in [-0.4, -0.2) is 40.6 Å². The van der Waals surface area contributed by atoms with Crippen molar-refractivity contribution in [2.75, 3.05) is 30.6 Å². The third-order valence-corrected chi connectivity index (χ3v) is 6.56. The van der Waals surface area contributed by atoms with Gasteiger partial charge in [-0.1, -0.05) is 36.9 Å². The number of fused-ring (bicyclic) bond motifs is 1. The lowest BCUT2D eigenvalue weighted by molar-refractivity contribution is -0.113. The summed E-state index contributed by atoms with van der Waals surface area (Å²) in [6.45, 7) is 6.00. The molecule has 2 aromatic carbocycles. The molecule has 1 aliphatic heterocycles.